The Morgan fingerprint density at radius 2 is 2.06 bits per heavy atom. The number of halogens is 2. The second-order valence-electron chi connectivity index (χ2n) is 4.26. The van der Waals surface area contributed by atoms with Gasteiger partial charge < -0.3 is 5.32 Å². The van der Waals surface area contributed by atoms with Gasteiger partial charge in [-0.2, -0.15) is 0 Å². The van der Waals surface area contributed by atoms with Crippen LogP contribution in [0.15, 0.2) is 46.9 Å². The van der Waals surface area contributed by atoms with E-state index in [1.165, 1.54) is 17.2 Å². The number of rotatable bonds is 1. The molecule has 1 unspecified atom stereocenters. The van der Waals surface area contributed by atoms with E-state index in [-0.39, 0.29) is 11.9 Å². The number of nitrogens with one attached hydrogen (secondary N) is 1. The summed E-state index contributed by atoms with van der Waals surface area (Å²) in [4.78, 5) is 0. The van der Waals surface area contributed by atoms with Gasteiger partial charge in [0.2, 0.25) is 0 Å². The Labute approximate surface area is 108 Å². The maximum absolute atomic E-state index is 13.1. The van der Waals surface area contributed by atoms with Gasteiger partial charge in [0.05, 0.1) is 6.04 Å². The summed E-state index contributed by atoms with van der Waals surface area (Å²) in [5.74, 6) is -0.189. The standard InChI is InChI=1S/C14H11BrFN/c15-11-3-1-2-9(6-11)13-7-10-4-5-12(16)8-14(10)17-13/h1-6,8,13,17H,7H2. The molecule has 0 aliphatic carbocycles. The lowest BCUT2D eigenvalue weighted by Crippen LogP contribution is -2.05. The highest BCUT2D eigenvalue weighted by Crippen LogP contribution is 2.35. The van der Waals surface area contributed by atoms with Crippen LogP contribution in [0.25, 0.3) is 0 Å². The number of hydrogen-bond acceptors (Lipinski definition) is 1. The van der Waals surface area contributed by atoms with Crippen molar-refractivity contribution in [3.63, 3.8) is 0 Å². The van der Waals surface area contributed by atoms with Gasteiger partial charge in [-0.1, -0.05) is 34.1 Å². The molecule has 0 bridgehead atoms. The summed E-state index contributed by atoms with van der Waals surface area (Å²) in [6, 6.07) is 13.4. The van der Waals surface area contributed by atoms with E-state index in [1.54, 1.807) is 6.07 Å². The molecule has 17 heavy (non-hydrogen) atoms. The van der Waals surface area contributed by atoms with E-state index in [4.69, 9.17) is 0 Å². The molecule has 3 rings (SSSR count). The molecular weight excluding hydrogens is 281 g/mol. The normalized spacial score (nSPS) is 17.6. The third-order valence-electron chi connectivity index (χ3n) is 3.08. The summed E-state index contributed by atoms with van der Waals surface area (Å²) in [7, 11) is 0. The van der Waals surface area contributed by atoms with Gasteiger partial charge in [-0.3, -0.25) is 0 Å². The lowest BCUT2D eigenvalue weighted by molar-refractivity contribution is 0.628. The fourth-order valence-electron chi connectivity index (χ4n) is 2.24. The van der Waals surface area contributed by atoms with Crippen LogP contribution in [-0.2, 0) is 6.42 Å². The Hall–Kier alpha value is -1.35. The highest BCUT2D eigenvalue weighted by molar-refractivity contribution is 9.10. The Balaban J connectivity index is 1.91. The molecule has 0 amide bonds. The van der Waals surface area contributed by atoms with Crippen molar-refractivity contribution in [1.29, 1.82) is 0 Å². The summed E-state index contributed by atoms with van der Waals surface area (Å²) < 4.78 is 14.2. The minimum absolute atomic E-state index is 0.189. The van der Waals surface area contributed by atoms with Crippen LogP contribution in [0.4, 0.5) is 10.1 Å². The predicted molar refractivity (Wildman–Crippen MR) is 70.6 cm³/mol. The van der Waals surface area contributed by atoms with Crippen LogP contribution in [0.2, 0.25) is 0 Å². The predicted octanol–water partition coefficient (Wildman–Crippen LogP) is 4.30. The van der Waals surface area contributed by atoms with Crippen LogP contribution in [-0.4, -0.2) is 0 Å². The maximum Gasteiger partial charge on any atom is 0.125 e. The number of anilines is 1. The number of fused-ring (bicyclic) bond motifs is 1. The van der Waals surface area contributed by atoms with Crippen molar-refractivity contribution in [3.8, 4) is 0 Å². The summed E-state index contributed by atoms with van der Waals surface area (Å²) in [6.45, 7) is 0. The molecule has 86 valence electrons. The first-order valence-electron chi connectivity index (χ1n) is 5.53. The van der Waals surface area contributed by atoms with Crippen molar-refractivity contribution < 1.29 is 4.39 Å². The highest BCUT2D eigenvalue weighted by Gasteiger charge is 2.22. The Bertz CT molecular complexity index is 568. The van der Waals surface area contributed by atoms with Crippen LogP contribution in [0, 0.1) is 5.82 Å². The molecule has 0 fully saturated rings. The van der Waals surface area contributed by atoms with Crippen LogP contribution in [0.5, 0.6) is 0 Å². The zero-order valence-corrected chi connectivity index (χ0v) is 10.7. The van der Waals surface area contributed by atoms with Crippen molar-refractivity contribution in [1.82, 2.24) is 0 Å². The second kappa shape index (κ2) is 4.15. The Kier molecular flexibility index (Phi) is 2.63. The molecule has 0 radical (unpaired) electrons. The van der Waals surface area contributed by atoms with Crippen molar-refractivity contribution in [2.75, 3.05) is 5.32 Å². The van der Waals surface area contributed by atoms with Gasteiger partial charge in [-0.15, -0.1) is 0 Å². The van der Waals surface area contributed by atoms with Gasteiger partial charge in [0.1, 0.15) is 5.82 Å². The van der Waals surface area contributed by atoms with E-state index < -0.39 is 0 Å². The summed E-state index contributed by atoms with van der Waals surface area (Å²) >= 11 is 3.47. The van der Waals surface area contributed by atoms with Crippen LogP contribution in [0.1, 0.15) is 17.2 Å². The van der Waals surface area contributed by atoms with Gasteiger partial charge in [0.25, 0.3) is 0 Å². The molecule has 0 aromatic heterocycles. The zero-order chi connectivity index (χ0) is 11.8. The Morgan fingerprint density at radius 1 is 1.18 bits per heavy atom. The lowest BCUT2D eigenvalue weighted by atomic mass is 10.0. The third kappa shape index (κ3) is 2.07. The van der Waals surface area contributed by atoms with Gasteiger partial charge in [0, 0.05) is 10.2 Å². The lowest BCUT2D eigenvalue weighted by Gasteiger charge is -2.11. The summed E-state index contributed by atoms with van der Waals surface area (Å²) in [5.41, 5.74) is 3.31. The van der Waals surface area contributed by atoms with E-state index in [0.717, 1.165) is 16.6 Å². The quantitative estimate of drug-likeness (QED) is 0.826. The average molecular weight is 292 g/mol. The Morgan fingerprint density at radius 3 is 2.88 bits per heavy atom. The molecule has 1 aliphatic rings. The molecular formula is C14H11BrFN. The van der Waals surface area contributed by atoms with E-state index in [2.05, 4.69) is 33.4 Å². The topological polar surface area (TPSA) is 12.0 Å². The molecule has 1 aliphatic heterocycles. The molecule has 1 nitrogen and oxygen atoms in total. The largest absolute Gasteiger partial charge is 0.378 e. The molecule has 0 saturated heterocycles. The number of benzene rings is 2. The van der Waals surface area contributed by atoms with E-state index in [9.17, 15) is 4.39 Å². The van der Waals surface area contributed by atoms with Crippen molar-refractivity contribution in [2.45, 2.75) is 12.5 Å². The molecule has 2 aromatic rings. The monoisotopic (exact) mass is 291 g/mol. The molecule has 3 heteroatoms. The van der Waals surface area contributed by atoms with Gasteiger partial charge in [0.15, 0.2) is 0 Å². The zero-order valence-electron chi connectivity index (χ0n) is 9.08. The fourth-order valence-corrected chi connectivity index (χ4v) is 2.66. The van der Waals surface area contributed by atoms with Crippen molar-refractivity contribution in [2.24, 2.45) is 0 Å². The fraction of sp³-hybridized carbons (Fsp3) is 0.143. The third-order valence-corrected chi connectivity index (χ3v) is 3.57. The van der Waals surface area contributed by atoms with Crippen LogP contribution < -0.4 is 5.32 Å². The molecule has 1 heterocycles. The minimum Gasteiger partial charge on any atom is -0.378 e. The minimum atomic E-state index is -0.189. The smallest absolute Gasteiger partial charge is 0.125 e. The summed E-state index contributed by atoms with van der Waals surface area (Å²) in [5, 5.41) is 3.36. The average Bonchev–Trinajstić information content (AvgIpc) is 2.72. The van der Waals surface area contributed by atoms with Crippen LogP contribution in [0.3, 0.4) is 0 Å². The first-order valence-corrected chi connectivity index (χ1v) is 6.32. The second-order valence-corrected chi connectivity index (χ2v) is 5.17. The van der Waals surface area contributed by atoms with Gasteiger partial charge >= 0.3 is 0 Å². The molecule has 1 N–H and O–H groups in total. The van der Waals surface area contributed by atoms with E-state index in [0.29, 0.717) is 0 Å². The van der Waals surface area contributed by atoms with Crippen LogP contribution >= 0.6 is 15.9 Å². The molecule has 0 saturated carbocycles. The molecule has 1 atom stereocenters. The van der Waals surface area contributed by atoms with Crippen molar-refractivity contribution in [3.05, 3.63) is 63.9 Å². The van der Waals surface area contributed by atoms with E-state index in [1.807, 2.05) is 18.2 Å². The van der Waals surface area contributed by atoms with Gasteiger partial charge in [-0.25, -0.2) is 4.39 Å². The molecule has 2 aromatic carbocycles. The first-order chi connectivity index (χ1) is 8.22. The maximum atomic E-state index is 13.1. The van der Waals surface area contributed by atoms with E-state index >= 15 is 0 Å². The summed E-state index contributed by atoms with van der Waals surface area (Å²) in [6.07, 6.45) is 0.909. The first kappa shape index (κ1) is 10.8. The highest BCUT2D eigenvalue weighted by atomic mass is 79.9. The molecule has 0 spiro atoms. The SMILES string of the molecule is Fc1ccc2c(c1)NC(c1cccc(Br)c1)C2. The van der Waals surface area contributed by atoms with Gasteiger partial charge in [-0.05, 0) is 41.8 Å². The van der Waals surface area contributed by atoms with Crippen molar-refractivity contribution >= 4 is 21.6 Å². The number of hydrogen-bond donors (Lipinski definition) is 1.